The molecule has 1 fully saturated rings. The van der Waals surface area contributed by atoms with Crippen molar-refractivity contribution in [3.63, 3.8) is 0 Å². The molecule has 0 amide bonds. The van der Waals surface area contributed by atoms with Gasteiger partial charge in [0.2, 0.25) is 0 Å². The van der Waals surface area contributed by atoms with Gasteiger partial charge in [0.15, 0.2) is 5.11 Å². The van der Waals surface area contributed by atoms with Gasteiger partial charge in [-0.2, -0.15) is 0 Å². The summed E-state index contributed by atoms with van der Waals surface area (Å²) in [5.74, 6) is 2.28. The van der Waals surface area contributed by atoms with E-state index in [0.29, 0.717) is 5.11 Å². The lowest BCUT2D eigenvalue weighted by atomic mass is 9.96. The summed E-state index contributed by atoms with van der Waals surface area (Å²) >= 11 is 5.97. The normalized spacial score (nSPS) is 16.5. The molecule has 1 N–H and O–H groups in total. The van der Waals surface area contributed by atoms with E-state index in [1.165, 1.54) is 22.5 Å². The topological polar surface area (TPSA) is 51.6 Å². The third kappa shape index (κ3) is 5.16. The molecule has 6 rings (SSSR count). The minimum Gasteiger partial charge on any atom is -0.497 e. The molecule has 1 aliphatic rings. The summed E-state index contributed by atoms with van der Waals surface area (Å²) < 4.78 is 13.7. The zero-order valence-electron chi connectivity index (χ0n) is 23.5. The second-order valence-corrected chi connectivity index (χ2v) is 10.7. The number of benzene rings is 3. The van der Waals surface area contributed by atoms with Crippen LogP contribution in [0.5, 0.6) is 17.2 Å². The number of anilines is 1. The van der Waals surface area contributed by atoms with Gasteiger partial charge in [0.05, 0.1) is 24.9 Å². The zero-order valence-corrected chi connectivity index (χ0v) is 24.4. The van der Waals surface area contributed by atoms with Gasteiger partial charge < -0.3 is 24.3 Å². The van der Waals surface area contributed by atoms with Crippen molar-refractivity contribution in [2.75, 3.05) is 12.0 Å². The van der Waals surface area contributed by atoms with Crippen LogP contribution in [0, 0.1) is 20.8 Å². The molecule has 5 aromatic rings. The summed E-state index contributed by atoms with van der Waals surface area (Å²) in [5, 5.41) is 4.24. The average molecular weight is 561 g/mol. The van der Waals surface area contributed by atoms with Crippen LogP contribution in [-0.2, 0) is 0 Å². The van der Waals surface area contributed by atoms with Crippen molar-refractivity contribution < 1.29 is 9.47 Å². The molecule has 2 atom stereocenters. The van der Waals surface area contributed by atoms with Gasteiger partial charge >= 0.3 is 0 Å². The van der Waals surface area contributed by atoms with E-state index in [1.807, 2.05) is 54.7 Å². The quantitative estimate of drug-likeness (QED) is 0.205. The molecule has 1 aliphatic heterocycles. The lowest BCUT2D eigenvalue weighted by Gasteiger charge is -2.28. The molecule has 0 aliphatic carbocycles. The van der Waals surface area contributed by atoms with Crippen LogP contribution >= 0.6 is 12.2 Å². The number of thiocarbonyl (C=S) groups is 1. The standard InChI is InChI=1S/C34H32N4O2S/c1-22-8-10-25(11-9-22)37-23(2)21-30(24(37)3)33-32(31-7-5-6-20-35-31)36-34(41)38(33)26-12-14-28(15-13-26)40-29-18-16-27(39-4)17-19-29/h5-21,32-33H,1-4H3,(H,36,41)/t32-,33+/m0/s1. The highest BCUT2D eigenvalue weighted by Gasteiger charge is 2.42. The molecule has 0 unspecified atom stereocenters. The van der Waals surface area contributed by atoms with Crippen LogP contribution in [-0.4, -0.2) is 21.8 Å². The molecule has 41 heavy (non-hydrogen) atoms. The van der Waals surface area contributed by atoms with Crippen LogP contribution in [0.1, 0.15) is 40.3 Å². The van der Waals surface area contributed by atoms with Gasteiger partial charge in [-0.1, -0.05) is 23.8 Å². The Balaban J connectivity index is 1.38. The number of nitrogens with zero attached hydrogens (tertiary/aromatic N) is 3. The van der Waals surface area contributed by atoms with E-state index in [0.717, 1.165) is 34.3 Å². The Kier molecular flexibility index (Phi) is 7.20. The molecule has 2 aromatic heterocycles. The second-order valence-electron chi connectivity index (χ2n) is 10.3. The maximum Gasteiger partial charge on any atom is 0.174 e. The largest absolute Gasteiger partial charge is 0.497 e. The Bertz CT molecular complexity index is 1660. The number of rotatable bonds is 7. The Morgan fingerprint density at radius 2 is 1.41 bits per heavy atom. The van der Waals surface area contributed by atoms with Crippen LogP contribution in [0.25, 0.3) is 5.69 Å². The van der Waals surface area contributed by atoms with Gasteiger partial charge in [-0.05, 0) is 117 Å². The van der Waals surface area contributed by atoms with Gasteiger partial charge in [-0.3, -0.25) is 4.98 Å². The molecule has 0 bridgehead atoms. The second kappa shape index (κ2) is 11.1. The fourth-order valence-electron chi connectivity index (χ4n) is 5.58. The maximum atomic E-state index is 6.08. The van der Waals surface area contributed by atoms with Crippen molar-refractivity contribution in [3.05, 3.63) is 131 Å². The summed E-state index contributed by atoms with van der Waals surface area (Å²) in [6, 6.07) is 32.3. The van der Waals surface area contributed by atoms with E-state index in [2.05, 4.69) is 84.1 Å². The number of methoxy groups -OCH3 is 1. The highest BCUT2D eigenvalue weighted by atomic mass is 32.1. The Morgan fingerprint density at radius 3 is 2.05 bits per heavy atom. The SMILES string of the molecule is COc1ccc(Oc2ccc(N3C(=S)N[C@@H](c4ccccn4)[C@H]3c3cc(C)n(-c4ccc(C)cc4)c3C)cc2)cc1. The van der Waals surface area contributed by atoms with Crippen molar-refractivity contribution in [1.82, 2.24) is 14.9 Å². The van der Waals surface area contributed by atoms with Gasteiger partial charge in [-0.15, -0.1) is 0 Å². The Labute approximate surface area is 246 Å². The fraction of sp³-hybridized carbons (Fsp3) is 0.176. The van der Waals surface area contributed by atoms with Crippen LogP contribution in [0.4, 0.5) is 5.69 Å². The average Bonchev–Trinajstić information content (AvgIpc) is 3.49. The Hall–Kier alpha value is -4.62. The molecule has 0 saturated carbocycles. The molecular weight excluding hydrogens is 528 g/mol. The molecule has 7 heteroatoms. The predicted octanol–water partition coefficient (Wildman–Crippen LogP) is 7.78. The molecule has 206 valence electrons. The first-order valence-electron chi connectivity index (χ1n) is 13.6. The van der Waals surface area contributed by atoms with Crippen molar-refractivity contribution >= 4 is 23.0 Å². The molecule has 0 radical (unpaired) electrons. The van der Waals surface area contributed by atoms with Gasteiger partial charge in [-0.25, -0.2) is 0 Å². The van der Waals surface area contributed by atoms with Crippen LogP contribution in [0.3, 0.4) is 0 Å². The minimum absolute atomic E-state index is 0.101. The monoisotopic (exact) mass is 560 g/mol. The first-order valence-corrected chi connectivity index (χ1v) is 14.0. The van der Waals surface area contributed by atoms with E-state index in [9.17, 15) is 0 Å². The smallest absolute Gasteiger partial charge is 0.174 e. The van der Waals surface area contributed by atoms with Crippen molar-refractivity contribution in [2.24, 2.45) is 0 Å². The van der Waals surface area contributed by atoms with E-state index < -0.39 is 0 Å². The van der Waals surface area contributed by atoms with Crippen molar-refractivity contribution in [3.8, 4) is 22.9 Å². The molecule has 6 nitrogen and oxygen atoms in total. The maximum absolute atomic E-state index is 6.08. The van der Waals surface area contributed by atoms with Crippen molar-refractivity contribution in [1.29, 1.82) is 0 Å². The summed E-state index contributed by atoms with van der Waals surface area (Å²) in [6.45, 7) is 6.45. The van der Waals surface area contributed by atoms with E-state index in [4.69, 9.17) is 26.7 Å². The van der Waals surface area contributed by atoms with Gasteiger partial charge in [0, 0.05) is 29.0 Å². The van der Waals surface area contributed by atoms with Crippen LogP contribution < -0.4 is 19.7 Å². The number of hydrogen-bond acceptors (Lipinski definition) is 4. The molecule has 3 heterocycles. The Morgan fingerprint density at radius 1 is 0.780 bits per heavy atom. The summed E-state index contributed by atoms with van der Waals surface area (Å²) in [7, 11) is 1.65. The van der Waals surface area contributed by atoms with E-state index in [1.54, 1.807) is 7.11 Å². The number of aryl methyl sites for hydroxylation is 2. The number of nitrogens with one attached hydrogen (secondary N) is 1. The number of aromatic nitrogens is 2. The van der Waals surface area contributed by atoms with Gasteiger partial charge in [0.1, 0.15) is 17.2 Å². The lowest BCUT2D eigenvalue weighted by molar-refractivity contribution is 0.413. The predicted molar refractivity (Wildman–Crippen MR) is 167 cm³/mol. The van der Waals surface area contributed by atoms with Crippen molar-refractivity contribution in [2.45, 2.75) is 32.9 Å². The molecule has 3 aromatic carbocycles. The number of hydrogen-bond donors (Lipinski definition) is 1. The highest BCUT2D eigenvalue weighted by molar-refractivity contribution is 7.80. The highest BCUT2D eigenvalue weighted by Crippen LogP contribution is 2.44. The van der Waals surface area contributed by atoms with Crippen LogP contribution in [0.15, 0.2) is 103 Å². The fourth-order valence-corrected chi connectivity index (χ4v) is 5.93. The molecule has 0 spiro atoms. The third-order valence-corrected chi connectivity index (χ3v) is 7.90. The molecular formula is C34H32N4O2S. The van der Waals surface area contributed by atoms with Gasteiger partial charge in [0.25, 0.3) is 0 Å². The summed E-state index contributed by atoms with van der Waals surface area (Å²) in [4.78, 5) is 6.92. The zero-order chi connectivity index (χ0) is 28.5. The third-order valence-electron chi connectivity index (χ3n) is 7.59. The van der Waals surface area contributed by atoms with Crippen LogP contribution in [0.2, 0.25) is 0 Å². The van der Waals surface area contributed by atoms with E-state index in [-0.39, 0.29) is 12.1 Å². The summed E-state index contributed by atoms with van der Waals surface area (Å²) in [6.07, 6.45) is 1.83. The summed E-state index contributed by atoms with van der Waals surface area (Å²) in [5.41, 5.74) is 7.85. The molecule has 1 saturated heterocycles. The first-order chi connectivity index (χ1) is 19.9. The lowest BCUT2D eigenvalue weighted by Crippen LogP contribution is -2.29. The minimum atomic E-state index is -0.120. The first kappa shape index (κ1) is 26.6. The number of ether oxygens (including phenoxy) is 2. The number of pyridine rings is 1. The van der Waals surface area contributed by atoms with E-state index >= 15 is 0 Å².